The molecule has 0 spiro atoms. The minimum absolute atomic E-state index is 0.0219. The van der Waals surface area contributed by atoms with Crippen molar-refractivity contribution in [3.63, 3.8) is 0 Å². The van der Waals surface area contributed by atoms with Crippen LogP contribution in [0.15, 0.2) is 59.7 Å². The number of hydrogen-bond acceptors (Lipinski definition) is 3. The summed E-state index contributed by atoms with van der Waals surface area (Å²) in [5.74, 6) is -0.0219. The lowest BCUT2D eigenvalue weighted by Crippen LogP contribution is -3.15. The van der Waals surface area contributed by atoms with E-state index in [4.69, 9.17) is 0 Å². The Morgan fingerprint density at radius 3 is 2.50 bits per heavy atom. The average Bonchev–Trinajstić information content (AvgIpc) is 2.69. The number of carbonyl (C=O) groups is 1. The van der Waals surface area contributed by atoms with Gasteiger partial charge in [0.05, 0.1) is 45.4 Å². The summed E-state index contributed by atoms with van der Waals surface area (Å²) in [5, 5.41) is 4.04. The lowest BCUT2D eigenvalue weighted by Gasteiger charge is -2.33. The highest BCUT2D eigenvalue weighted by Crippen LogP contribution is 2.12. The van der Waals surface area contributed by atoms with E-state index in [1.54, 1.807) is 6.21 Å². The van der Waals surface area contributed by atoms with Crippen LogP contribution in [0.1, 0.15) is 17.5 Å². The zero-order valence-electron chi connectivity index (χ0n) is 15.3. The Labute approximate surface area is 155 Å². The second-order valence-electron chi connectivity index (χ2n) is 6.78. The summed E-state index contributed by atoms with van der Waals surface area (Å²) in [6.07, 6.45) is 2.19. The van der Waals surface area contributed by atoms with Crippen LogP contribution in [0.5, 0.6) is 0 Å². The molecule has 26 heavy (non-hydrogen) atoms. The fourth-order valence-corrected chi connectivity index (χ4v) is 3.15. The van der Waals surface area contributed by atoms with Crippen molar-refractivity contribution in [2.24, 2.45) is 5.10 Å². The Morgan fingerprint density at radius 2 is 1.81 bits per heavy atom. The number of hydrazone groups is 1. The largest absolute Gasteiger partial charge is 0.360 e. The van der Waals surface area contributed by atoms with Crippen LogP contribution in [0.2, 0.25) is 0 Å². The molecule has 0 saturated carbocycles. The maximum atomic E-state index is 12.0. The highest BCUT2D eigenvalue weighted by molar-refractivity contribution is 5.82. The predicted octanol–water partition coefficient (Wildman–Crippen LogP) is 1.24. The van der Waals surface area contributed by atoms with Crippen LogP contribution in [-0.4, -0.2) is 44.8 Å². The highest BCUT2D eigenvalue weighted by Gasteiger charge is 2.20. The third kappa shape index (κ3) is 5.43. The van der Waals surface area contributed by atoms with E-state index in [1.165, 1.54) is 16.2 Å². The summed E-state index contributed by atoms with van der Waals surface area (Å²) in [4.78, 5) is 15.9. The van der Waals surface area contributed by atoms with E-state index in [1.807, 2.05) is 37.3 Å². The van der Waals surface area contributed by atoms with Gasteiger partial charge in [0.2, 0.25) is 5.91 Å². The number of hydrogen-bond donors (Lipinski definition) is 2. The van der Waals surface area contributed by atoms with Crippen molar-refractivity contribution in [2.75, 3.05) is 37.6 Å². The van der Waals surface area contributed by atoms with Crippen molar-refractivity contribution in [3.05, 3.63) is 65.7 Å². The fraction of sp³-hybridized carbons (Fsp3) is 0.333. The molecule has 2 aromatic carbocycles. The molecular weight excluding hydrogens is 324 g/mol. The van der Waals surface area contributed by atoms with Gasteiger partial charge in [-0.3, -0.25) is 4.79 Å². The smallest absolute Gasteiger partial charge is 0.245 e. The quantitative estimate of drug-likeness (QED) is 0.608. The molecule has 0 unspecified atom stereocenters. The third-order valence-electron chi connectivity index (χ3n) is 4.78. The maximum Gasteiger partial charge on any atom is 0.245 e. The first-order valence-electron chi connectivity index (χ1n) is 9.23. The van der Waals surface area contributed by atoms with Gasteiger partial charge in [-0.15, -0.1) is 0 Å². The number of aryl methyl sites for hydroxylation is 1. The number of piperazine rings is 1. The number of anilines is 1. The lowest BCUT2D eigenvalue weighted by atomic mass is 10.2. The molecule has 0 aliphatic carbocycles. The summed E-state index contributed by atoms with van der Waals surface area (Å²) in [6.45, 7) is 7.10. The average molecular weight is 351 g/mol. The van der Waals surface area contributed by atoms with Gasteiger partial charge < -0.3 is 9.80 Å². The molecule has 5 nitrogen and oxygen atoms in total. The van der Waals surface area contributed by atoms with Gasteiger partial charge >= 0.3 is 0 Å². The molecule has 2 N–H and O–H groups in total. The van der Waals surface area contributed by atoms with Crippen LogP contribution < -0.4 is 15.2 Å². The first kappa shape index (κ1) is 18.1. The molecule has 5 heteroatoms. The number of nitrogens with one attached hydrogen (secondary N) is 2. The molecule has 0 atom stereocenters. The van der Waals surface area contributed by atoms with E-state index < -0.39 is 0 Å². The van der Waals surface area contributed by atoms with Crippen LogP contribution in [0.4, 0.5) is 5.69 Å². The molecule has 1 heterocycles. The van der Waals surface area contributed by atoms with Crippen molar-refractivity contribution in [1.29, 1.82) is 0 Å². The van der Waals surface area contributed by atoms with Crippen molar-refractivity contribution < 1.29 is 9.69 Å². The molecule has 1 aliphatic heterocycles. The molecule has 2 aromatic rings. The van der Waals surface area contributed by atoms with Crippen LogP contribution in [0.25, 0.3) is 0 Å². The molecule has 0 radical (unpaired) electrons. The molecule has 1 saturated heterocycles. The monoisotopic (exact) mass is 351 g/mol. The van der Waals surface area contributed by atoms with E-state index >= 15 is 0 Å². The van der Waals surface area contributed by atoms with Gasteiger partial charge in [-0.2, -0.15) is 5.10 Å². The summed E-state index contributed by atoms with van der Waals surface area (Å²) in [5.41, 5.74) is 6.11. The Balaban J connectivity index is 1.35. The van der Waals surface area contributed by atoms with Gasteiger partial charge in [0.25, 0.3) is 0 Å². The van der Waals surface area contributed by atoms with Gasteiger partial charge in [-0.05, 0) is 24.6 Å². The molecule has 0 bridgehead atoms. The van der Waals surface area contributed by atoms with Crippen LogP contribution in [0.3, 0.4) is 0 Å². The van der Waals surface area contributed by atoms with E-state index in [0.29, 0.717) is 6.42 Å². The molecular formula is C21H27N4O+. The zero-order chi connectivity index (χ0) is 18.2. The zero-order valence-corrected chi connectivity index (χ0v) is 15.3. The molecule has 1 fully saturated rings. The van der Waals surface area contributed by atoms with E-state index in [-0.39, 0.29) is 5.91 Å². The first-order chi connectivity index (χ1) is 12.7. The highest BCUT2D eigenvalue weighted by atomic mass is 16.2. The molecule has 136 valence electrons. The number of nitrogens with zero attached hydrogens (tertiary/aromatic N) is 2. The van der Waals surface area contributed by atoms with Gasteiger partial charge in [0.15, 0.2) is 0 Å². The van der Waals surface area contributed by atoms with E-state index in [9.17, 15) is 4.79 Å². The normalized spacial score (nSPS) is 15.3. The molecule has 0 aromatic heterocycles. The van der Waals surface area contributed by atoms with Crippen molar-refractivity contribution in [1.82, 2.24) is 5.43 Å². The van der Waals surface area contributed by atoms with Gasteiger partial charge in [0.1, 0.15) is 0 Å². The standard InChI is InChI=1S/C21H26N4O/c1-18-7-9-19(10-8-18)17-22-23-21(26)11-12-24-13-15-25(16-14-24)20-5-3-2-4-6-20/h2-10,17H,11-16H2,1H3,(H,23,26)/p+1/b22-17-. The van der Waals surface area contributed by atoms with Gasteiger partial charge in [-0.25, -0.2) is 5.43 Å². The predicted molar refractivity (Wildman–Crippen MR) is 106 cm³/mol. The second-order valence-corrected chi connectivity index (χ2v) is 6.78. The van der Waals surface area contributed by atoms with Crippen LogP contribution in [-0.2, 0) is 4.79 Å². The number of quaternary nitrogens is 1. The van der Waals surface area contributed by atoms with Gasteiger partial charge in [-0.1, -0.05) is 48.0 Å². The fourth-order valence-electron chi connectivity index (χ4n) is 3.15. The van der Waals surface area contributed by atoms with Crippen molar-refractivity contribution >= 4 is 17.8 Å². The Hall–Kier alpha value is -2.66. The molecule has 1 amide bonds. The SMILES string of the molecule is Cc1ccc(/C=N\NC(=O)CC[NH+]2CCN(c3ccccc3)CC2)cc1. The minimum atomic E-state index is -0.0219. The number of rotatable bonds is 6. The number of carbonyl (C=O) groups excluding carboxylic acids is 1. The topological polar surface area (TPSA) is 49.1 Å². The Kier molecular flexibility index (Phi) is 6.39. The van der Waals surface area contributed by atoms with Crippen molar-refractivity contribution in [3.8, 4) is 0 Å². The molecule has 3 rings (SSSR count). The number of para-hydroxylation sites is 1. The Morgan fingerprint density at radius 1 is 1.12 bits per heavy atom. The number of benzene rings is 2. The summed E-state index contributed by atoms with van der Waals surface area (Å²) in [6, 6.07) is 18.6. The first-order valence-corrected chi connectivity index (χ1v) is 9.23. The summed E-state index contributed by atoms with van der Waals surface area (Å²) < 4.78 is 0. The second kappa shape index (κ2) is 9.15. The summed E-state index contributed by atoms with van der Waals surface area (Å²) >= 11 is 0. The van der Waals surface area contributed by atoms with E-state index in [0.717, 1.165) is 38.3 Å². The van der Waals surface area contributed by atoms with E-state index in [2.05, 4.69) is 39.7 Å². The Bertz CT molecular complexity index is 719. The minimum Gasteiger partial charge on any atom is -0.360 e. The van der Waals surface area contributed by atoms with Crippen LogP contribution >= 0.6 is 0 Å². The van der Waals surface area contributed by atoms with Crippen molar-refractivity contribution in [2.45, 2.75) is 13.3 Å². The third-order valence-corrected chi connectivity index (χ3v) is 4.78. The number of amides is 1. The molecule has 1 aliphatic rings. The summed E-state index contributed by atoms with van der Waals surface area (Å²) in [7, 11) is 0. The van der Waals surface area contributed by atoms with Crippen LogP contribution in [0, 0.1) is 6.92 Å². The van der Waals surface area contributed by atoms with Gasteiger partial charge in [0, 0.05) is 5.69 Å². The lowest BCUT2D eigenvalue weighted by molar-refractivity contribution is -0.900. The maximum absolute atomic E-state index is 12.0.